The Kier molecular flexibility index (Phi) is 4.57. The van der Waals surface area contributed by atoms with Crippen LogP contribution in [0.15, 0.2) is 54.6 Å². The van der Waals surface area contributed by atoms with E-state index in [1.807, 2.05) is 30.3 Å². The Morgan fingerprint density at radius 3 is 2.30 bits per heavy atom. The van der Waals surface area contributed by atoms with E-state index in [2.05, 4.69) is 5.32 Å². The van der Waals surface area contributed by atoms with Gasteiger partial charge in [-0.1, -0.05) is 30.3 Å². The fourth-order valence-corrected chi connectivity index (χ4v) is 1.79. The average molecular weight is 270 g/mol. The largest absolute Gasteiger partial charge is 0.306 e. The Balaban J connectivity index is 1.87. The molecule has 0 amide bonds. The molecule has 0 saturated carbocycles. The molecule has 1 N–H and O–H groups in total. The molecule has 0 aliphatic carbocycles. The highest BCUT2D eigenvalue weighted by Crippen LogP contribution is 2.12. The fraction of sp³-hybridized carbons (Fsp3) is 0.133. The second-order valence-corrected chi connectivity index (χ2v) is 4.32. The van der Waals surface area contributed by atoms with Gasteiger partial charge in [0.1, 0.15) is 0 Å². The van der Waals surface area contributed by atoms with Gasteiger partial charge in [0.2, 0.25) is 0 Å². The zero-order valence-corrected chi connectivity index (χ0v) is 10.8. The molecule has 0 heterocycles. The summed E-state index contributed by atoms with van der Waals surface area (Å²) in [6.45, 7) is 0.812. The maximum absolute atomic E-state index is 11.9. The lowest BCUT2D eigenvalue weighted by atomic mass is 10.1. The number of nitro groups is 1. The van der Waals surface area contributed by atoms with Gasteiger partial charge in [-0.15, -0.1) is 0 Å². The number of hydrogen-bond acceptors (Lipinski definition) is 4. The Hall–Kier alpha value is -2.53. The fourth-order valence-electron chi connectivity index (χ4n) is 1.79. The van der Waals surface area contributed by atoms with Crippen LogP contribution in [0, 0.1) is 10.1 Å². The van der Waals surface area contributed by atoms with E-state index in [4.69, 9.17) is 0 Å². The van der Waals surface area contributed by atoms with E-state index in [0.717, 1.165) is 5.56 Å². The second-order valence-electron chi connectivity index (χ2n) is 4.32. The van der Waals surface area contributed by atoms with Gasteiger partial charge in [0.05, 0.1) is 11.5 Å². The Labute approximate surface area is 116 Å². The zero-order valence-electron chi connectivity index (χ0n) is 10.8. The average Bonchev–Trinajstić information content (AvgIpc) is 2.48. The minimum absolute atomic E-state index is 0.0150. The molecule has 0 aliphatic rings. The molecule has 0 aliphatic heterocycles. The molecule has 0 saturated heterocycles. The van der Waals surface area contributed by atoms with Gasteiger partial charge < -0.3 is 5.32 Å². The summed E-state index contributed by atoms with van der Waals surface area (Å²) < 4.78 is 0. The molecular formula is C15H14N2O3. The first-order valence-corrected chi connectivity index (χ1v) is 6.19. The lowest BCUT2D eigenvalue weighted by Crippen LogP contribution is -2.22. The number of nitrogens with one attached hydrogen (secondary N) is 1. The first-order valence-electron chi connectivity index (χ1n) is 6.19. The highest BCUT2D eigenvalue weighted by molar-refractivity contribution is 5.97. The highest BCUT2D eigenvalue weighted by atomic mass is 16.6. The maximum atomic E-state index is 11.9. The van der Waals surface area contributed by atoms with E-state index in [1.54, 1.807) is 0 Å². The smallest absolute Gasteiger partial charge is 0.269 e. The lowest BCUT2D eigenvalue weighted by Gasteiger charge is -2.04. The van der Waals surface area contributed by atoms with Crippen molar-refractivity contribution < 1.29 is 9.72 Å². The van der Waals surface area contributed by atoms with Crippen LogP contribution in [0.1, 0.15) is 15.9 Å². The summed E-state index contributed by atoms with van der Waals surface area (Å²) in [5.41, 5.74) is 1.55. The van der Waals surface area contributed by atoms with Crippen LogP contribution in [-0.4, -0.2) is 17.3 Å². The molecule has 5 nitrogen and oxygen atoms in total. The molecule has 0 atom stereocenters. The van der Waals surface area contributed by atoms with Crippen LogP contribution in [-0.2, 0) is 6.54 Å². The van der Waals surface area contributed by atoms with Crippen LogP contribution in [0.3, 0.4) is 0 Å². The normalized spacial score (nSPS) is 10.2. The standard InChI is InChI=1S/C15H14N2O3/c18-15(11-16-10-12-4-2-1-3-5-12)13-6-8-14(9-7-13)17(19)20/h1-9,16H,10-11H2. The number of non-ortho nitro benzene ring substituents is 1. The van der Waals surface area contributed by atoms with Crippen molar-refractivity contribution in [1.82, 2.24) is 5.32 Å². The molecule has 5 heteroatoms. The number of carbonyl (C=O) groups excluding carboxylic acids is 1. The summed E-state index contributed by atoms with van der Waals surface area (Å²) in [5.74, 6) is -0.0872. The van der Waals surface area contributed by atoms with E-state index in [0.29, 0.717) is 12.1 Å². The van der Waals surface area contributed by atoms with Crippen LogP contribution in [0.25, 0.3) is 0 Å². The molecule has 2 aromatic rings. The number of ketones is 1. The number of nitrogens with zero attached hydrogens (tertiary/aromatic N) is 1. The molecule has 20 heavy (non-hydrogen) atoms. The minimum Gasteiger partial charge on any atom is -0.306 e. The van der Waals surface area contributed by atoms with Crippen molar-refractivity contribution in [3.63, 3.8) is 0 Å². The van der Waals surface area contributed by atoms with Crippen molar-refractivity contribution in [1.29, 1.82) is 0 Å². The predicted molar refractivity (Wildman–Crippen MR) is 75.6 cm³/mol. The Morgan fingerprint density at radius 1 is 1.05 bits per heavy atom. The van der Waals surface area contributed by atoms with E-state index in [9.17, 15) is 14.9 Å². The van der Waals surface area contributed by atoms with Crippen LogP contribution in [0.4, 0.5) is 5.69 Å². The molecule has 0 radical (unpaired) electrons. The van der Waals surface area contributed by atoms with Gasteiger partial charge in [0.15, 0.2) is 5.78 Å². The molecule has 2 aromatic carbocycles. The number of Topliss-reactive ketones (excluding diaryl/α,β-unsaturated/α-hetero) is 1. The van der Waals surface area contributed by atoms with Crippen LogP contribution in [0.5, 0.6) is 0 Å². The topological polar surface area (TPSA) is 72.2 Å². The molecule has 0 bridgehead atoms. The third-order valence-corrected chi connectivity index (χ3v) is 2.86. The number of nitro benzene ring substituents is 1. The summed E-state index contributed by atoms with van der Waals surface area (Å²) in [6.07, 6.45) is 0. The quantitative estimate of drug-likeness (QED) is 0.497. The van der Waals surface area contributed by atoms with Crippen LogP contribution >= 0.6 is 0 Å². The van der Waals surface area contributed by atoms with Crippen LogP contribution < -0.4 is 5.32 Å². The van der Waals surface area contributed by atoms with E-state index in [1.165, 1.54) is 24.3 Å². The first kappa shape index (κ1) is 13.9. The second kappa shape index (κ2) is 6.58. The first-order chi connectivity index (χ1) is 9.66. The van der Waals surface area contributed by atoms with Gasteiger partial charge in [0, 0.05) is 24.2 Å². The predicted octanol–water partition coefficient (Wildman–Crippen LogP) is 2.57. The van der Waals surface area contributed by atoms with E-state index in [-0.39, 0.29) is 18.0 Å². The van der Waals surface area contributed by atoms with E-state index >= 15 is 0 Å². The summed E-state index contributed by atoms with van der Waals surface area (Å²) in [4.78, 5) is 21.9. The van der Waals surface area contributed by atoms with Crippen molar-refractivity contribution >= 4 is 11.5 Å². The lowest BCUT2D eigenvalue weighted by molar-refractivity contribution is -0.384. The van der Waals surface area contributed by atoms with Gasteiger partial charge >= 0.3 is 0 Å². The van der Waals surface area contributed by atoms with E-state index < -0.39 is 4.92 Å². The summed E-state index contributed by atoms with van der Waals surface area (Å²) >= 11 is 0. The van der Waals surface area contributed by atoms with Crippen molar-refractivity contribution in [2.24, 2.45) is 0 Å². The third-order valence-electron chi connectivity index (χ3n) is 2.86. The number of benzene rings is 2. The maximum Gasteiger partial charge on any atom is 0.269 e. The van der Waals surface area contributed by atoms with Gasteiger partial charge in [-0.25, -0.2) is 0 Å². The van der Waals surface area contributed by atoms with Crippen molar-refractivity contribution in [3.8, 4) is 0 Å². The number of carbonyl (C=O) groups is 1. The molecule has 0 spiro atoms. The third kappa shape index (κ3) is 3.73. The molecular weight excluding hydrogens is 256 g/mol. The summed E-state index contributed by atoms with van der Waals surface area (Å²) in [7, 11) is 0. The summed E-state index contributed by atoms with van der Waals surface area (Å²) in [6, 6.07) is 15.4. The number of rotatable bonds is 6. The molecule has 2 rings (SSSR count). The summed E-state index contributed by atoms with van der Waals surface area (Å²) in [5, 5.41) is 13.6. The molecule has 102 valence electrons. The van der Waals surface area contributed by atoms with Gasteiger partial charge in [-0.05, 0) is 17.7 Å². The number of hydrogen-bond donors (Lipinski definition) is 1. The van der Waals surface area contributed by atoms with Crippen molar-refractivity contribution in [2.75, 3.05) is 6.54 Å². The monoisotopic (exact) mass is 270 g/mol. The SMILES string of the molecule is O=C(CNCc1ccccc1)c1ccc([N+](=O)[O-])cc1. The Bertz CT molecular complexity index is 594. The zero-order chi connectivity index (χ0) is 14.4. The van der Waals surface area contributed by atoms with Crippen LogP contribution in [0.2, 0.25) is 0 Å². The van der Waals surface area contributed by atoms with Gasteiger partial charge in [-0.2, -0.15) is 0 Å². The molecule has 0 fully saturated rings. The Morgan fingerprint density at radius 2 is 1.70 bits per heavy atom. The molecule has 0 aromatic heterocycles. The minimum atomic E-state index is -0.484. The van der Waals surface area contributed by atoms with Crippen molar-refractivity contribution in [2.45, 2.75) is 6.54 Å². The van der Waals surface area contributed by atoms with Crippen molar-refractivity contribution in [3.05, 3.63) is 75.8 Å². The highest BCUT2D eigenvalue weighted by Gasteiger charge is 2.09. The van der Waals surface area contributed by atoms with Gasteiger partial charge in [0.25, 0.3) is 5.69 Å². The molecule has 0 unspecified atom stereocenters. The van der Waals surface area contributed by atoms with Gasteiger partial charge in [-0.3, -0.25) is 14.9 Å².